The van der Waals surface area contributed by atoms with E-state index in [1.54, 1.807) is 31.4 Å². The maximum atomic E-state index is 12.4. The molecule has 1 aliphatic carbocycles. The van der Waals surface area contributed by atoms with E-state index in [2.05, 4.69) is 0 Å². The molecule has 2 rings (SSSR count). The van der Waals surface area contributed by atoms with Crippen LogP contribution in [-0.4, -0.2) is 54.8 Å². The average molecular weight is 293 g/mol. The summed E-state index contributed by atoms with van der Waals surface area (Å²) >= 11 is 0. The fourth-order valence-electron chi connectivity index (χ4n) is 2.03. The van der Waals surface area contributed by atoms with Gasteiger partial charge in [-0.15, -0.1) is 0 Å². The molecule has 0 spiro atoms. The lowest BCUT2D eigenvalue weighted by Crippen LogP contribution is -2.37. The van der Waals surface area contributed by atoms with Crippen LogP contribution in [0.1, 0.15) is 23.2 Å². The number of hydrogen-bond donors (Lipinski definition) is 1. The standard InChI is InChI=1S/C15H19NO5/c1-20-7-8-21-13-4-2-3-11(9-13)15(19)16(10-14(17)18)12-5-6-12/h2-4,9,12H,5-8,10H2,1H3,(H,17,18). The van der Waals surface area contributed by atoms with Crippen LogP contribution in [0.2, 0.25) is 0 Å². The Labute approximate surface area is 123 Å². The average Bonchev–Trinajstić information content (AvgIpc) is 3.29. The Kier molecular flexibility index (Phi) is 5.16. The smallest absolute Gasteiger partial charge is 0.323 e. The van der Waals surface area contributed by atoms with E-state index < -0.39 is 5.97 Å². The molecule has 0 bridgehead atoms. The van der Waals surface area contributed by atoms with Crippen molar-refractivity contribution in [2.24, 2.45) is 0 Å². The van der Waals surface area contributed by atoms with Gasteiger partial charge in [0.05, 0.1) is 6.61 Å². The summed E-state index contributed by atoms with van der Waals surface area (Å²) in [5.74, 6) is -0.691. The molecule has 0 radical (unpaired) electrons. The predicted molar refractivity (Wildman–Crippen MR) is 75.5 cm³/mol. The van der Waals surface area contributed by atoms with Crippen molar-refractivity contribution in [1.82, 2.24) is 4.90 Å². The minimum absolute atomic E-state index is 0.0478. The molecule has 0 heterocycles. The van der Waals surface area contributed by atoms with E-state index in [0.717, 1.165) is 12.8 Å². The van der Waals surface area contributed by atoms with Crippen LogP contribution in [0.4, 0.5) is 0 Å². The second kappa shape index (κ2) is 7.08. The van der Waals surface area contributed by atoms with Crippen LogP contribution < -0.4 is 4.74 Å². The zero-order valence-corrected chi connectivity index (χ0v) is 11.9. The van der Waals surface area contributed by atoms with Gasteiger partial charge < -0.3 is 19.5 Å². The van der Waals surface area contributed by atoms with Crippen LogP contribution in [0.5, 0.6) is 5.75 Å². The van der Waals surface area contributed by atoms with Crippen LogP contribution in [0.15, 0.2) is 24.3 Å². The second-order valence-electron chi connectivity index (χ2n) is 4.93. The molecule has 0 unspecified atom stereocenters. The number of hydrogen-bond acceptors (Lipinski definition) is 4. The number of carbonyl (C=O) groups excluding carboxylic acids is 1. The number of carboxylic acids is 1. The number of methoxy groups -OCH3 is 1. The number of amides is 1. The van der Waals surface area contributed by atoms with Gasteiger partial charge in [-0.1, -0.05) is 6.07 Å². The molecular formula is C15H19NO5. The summed E-state index contributed by atoms with van der Waals surface area (Å²) in [7, 11) is 1.59. The third-order valence-electron chi connectivity index (χ3n) is 3.19. The van der Waals surface area contributed by atoms with Crippen LogP contribution in [-0.2, 0) is 9.53 Å². The summed E-state index contributed by atoms with van der Waals surface area (Å²) in [6.45, 7) is 0.596. The molecule has 0 atom stereocenters. The number of rotatable bonds is 8. The van der Waals surface area contributed by atoms with Crippen molar-refractivity contribution >= 4 is 11.9 Å². The summed E-state index contributed by atoms with van der Waals surface area (Å²) in [4.78, 5) is 24.7. The highest BCUT2D eigenvalue weighted by Crippen LogP contribution is 2.28. The van der Waals surface area contributed by atoms with Crippen molar-refractivity contribution in [2.75, 3.05) is 26.9 Å². The van der Waals surface area contributed by atoms with E-state index in [4.69, 9.17) is 14.6 Å². The largest absolute Gasteiger partial charge is 0.491 e. The maximum absolute atomic E-state index is 12.4. The summed E-state index contributed by atoms with van der Waals surface area (Å²) in [5, 5.41) is 8.92. The molecule has 1 amide bonds. The Bertz CT molecular complexity index is 513. The van der Waals surface area contributed by atoms with E-state index in [1.807, 2.05) is 0 Å². The van der Waals surface area contributed by atoms with Crippen molar-refractivity contribution in [2.45, 2.75) is 18.9 Å². The van der Waals surface area contributed by atoms with Crippen LogP contribution in [0.25, 0.3) is 0 Å². The fourth-order valence-corrected chi connectivity index (χ4v) is 2.03. The molecule has 1 N–H and O–H groups in total. The second-order valence-corrected chi connectivity index (χ2v) is 4.93. The first kappa shape index (κ1) is 15.3. The Balaban J connectivity index is 2.06. The molecule has 1 aromatic carbocycles. The lowest BCUT2D eigenvalue weighted by atomic mass is 10.2. The Morgan fingerprint density at radius 1 is 1.33 bits per heavy atom. The van der Waals surface area contributed by atoms with Crippen molar-refractivity contribution in [3.05, 3.63) is 29.8 Å². The van der Waals surface area contributed by atoms with Gasteiger partial charge in [-0.3, -0.25) is 9.59 Å². The van der Waals surface area contributed by atoms with Gasteiger partial charge >= 0.3 is 5.97 Å². The number of ether oxygens (including phenoxy) is 2. The van der Waals surface area contributed by atoms with E-state index in [0.29, 0.717) is 24.5 Å². The van der Waals surface area contributed by atoms with E-state index in [1.165, 1.54) is 4.90 Å². The monoisotopic (exact) mass is 293 g/mol. The molecule has 1 aromatic rings. The lowest BCUT2D eigenvalue weighted by Gasteiger charge is -2.20. The van der Waals surface area contributed by atoms with Crippen LogP contribution in [0.3, 0.4) is 0 Å². The molecular weight excluding hydrogens is 274 g/mol. The summed E-state index contributed by atoms with van der Waals surface area (Å²) in [6.07, 6.45) is 1.73. The lowest BCUT2D eigenvalue weighted by molar-refractivity contribution is -0.137. The van der Waals surface area contributed by atoms with Gasteiger partial charge in [0, 0.05) is 18.7 Å². The molecule has 6 nitrogen and oxygen atoms in total. The first-order valence-electron chi connectivity index (χ1n) is 6.86. The van der Waals surface area contributed by atoms with Gasteiger partial charge in [-0.2, -0.15) is 0 Å². The maximum Gasteiger partial charge on any atom is 0.323 e. The molecule has 6 heteroatoms. The quantitative estimate of drug-likeness (QED) is 0.733. The Morgan fingerprint density at radius 2 is 2.10 bits per heavy atom. The molecule has 1 aliphatic rings. The van der Waals surface area contributed by atoms with Gasteiger partial charge in [-0.25, -0.2) is 0 Å². The zero-order valence-electron chi connectivity index (χ0n) is 11.9. The Hall–Kier alpha value is -2.08. The first-order chi connectivity index (χ1) is 10.1. The van der Waals surface area contributed by atoms with Crippen LogP contribution >= 0.6 is 0 Å². The van der Waals surface area contributed by atoms with E-state index in [-0.39, 0.29) is 18.5 Å². The molecule has 21 heavy (non-hydrogen) atoms. The highest BCUT2D eigenvalue weighted by atomic mass is 16.5. The van der Waals surface area contributed by atoms with Crippen LogP contribution in [0, 0.1) is 0 Å². The SMILES string of the molecule is COCCOc1cccc(C(=O)N(CC(=O)O)C2CC2)c1. The van der Waals surface area contributed by atoms with E-state index >= 15 is 0 Å². The molecule has 0 aromatic heterocycles. The van der Waals surface area contributed by atoms with E-state index in [9.17, 15) is 9.59 Å². The van der Waals surface area contributed by atoms with Gasteiger partial charge in [0.25, 0.3) is 5.91 Å². The Morgan fingerprint density at radius 3 is 2.71 bits per heavy atom. The molecule has 1 fully saturated rings. The third-order valence-corrected chi connectivity index (χ3v) is 3.19. The van der Waals surface area contributed by atoms with Gasteiger partial charge in [0.15, 0.2) is 0 Å². The topological polar surface area (TPSA) is 76.1 Å². The number of aliphatic carboxylic acids is 1. The summed E-state index contributed by atoms with van der Waals surface area (Å²) < 4.78 is 10.4. The van der Waals surface area contributed by atoms with Gasteiger partial charge in [-0.05, 0) is 31.0 Å². The molecule has 0 aliphatic heterocycles. The molecule has 0 saturated heterocycles. The molecule has 1 saturated carbocycles. The minimum atomic E-state index is -0.997. The zero-order chi connectivity index (χ0) is 15.2. The van der Waals surface area contributed by atoms with Gasteiger partial charge in [0.2, 0.25) is 0 Å². The first-order valence-corrected chi connectivity index (χ1v) is 6.86. The number of carbonyl (C=O) groups is 2. The van der Waals surface area contributed by atoms with Crippen molar-refractivity contribution in [1.29, 1.82) is 0 Å². The van der Waals surface area contributed by atoms with Crippen molar-refractivity contribution in [3.8, 4) is 5.75 Å². The van der Waals surface area contributed by atoms with Gasteiger partial charge in [0.1, 0.15) is 18.9 Å². The minimum Gasteiger partial charge on any atom is -0.491 e. The third kappa shape index (κ3) is 4.46. The highest BCUT2D eigenvalue weighted by Gasteiger charge is 2.34. The number of benzene rings is 1. The summed E-state index contributed by atoms with van der Waals surface area (Å²) in [5.41, 5.74) is 0.443. The highest BCUT2D eigenvalue weighted by molar-refractivity contribution is 5.96. The predicted octanol–water partition coefficient (Wildman–Crippen LogP) is 1.40. The molecule has 114 valence electrons. The number of carboxylic acid groups (broad SMARTS) is 1. The normalized spacial score (nSPS) is 13.8. The number of nitrogens with zero attached hydrogens (tertiary/aromatic N) is 1. The fraction of sp³-hybridized carbons (Fsp3) is 0.467. The van der Waals surface area contributed by atoms with Crippen molar-refractivity contribution in [3.63, 3.8) is 0 Å². The van der Waals surface area contributed by atoms with Crippen molar-refractivity contribution < 1.29 is 24.2 Å². The summed E-state index contributed by atoms with van der Waals surface area (Å²) in [6, 6.07) is 6.83.